The number of benzene rings is 2. The fourth-order valence-corrected chi connectivity index (χ4v) is 2.74. The molecule has 0 aliphatic carbocycles. The van der Waals surface area contributed by atoms with Crippen molar-refractivity contribution in [2.75, 3.05) is 18.5 Å². The number of amides is 1. The van der Waals surface area contributed by atoms with Crippen LogP contribution >= 0.6 is 15.9 Å². The number of nitrogens with one attached hydrogen (secondary N) is 1. The highest BCUT2D eigenvalue weighted by Crippen LogP contribution is 2.27. The van der Waals surface area contributed by atoms with Crippen molar-refractivity contribution in [2.45, 2.75) is 33.6 Å². The second kappa shape index (κ2) is 10.2. The van der Waals surface area contributed by atoms with Gasteiger partial charge in [-0.15, -0.1) is 0 Å². The molecule has 0 saturated heterocycles. The van der Waals surface area contributed by atoms with Crippen LogP contribution in [0.25, 0.3) is 0 Å². The normalized spacial score (nSPS) is 10.7. The Balaban J connectivity index is 1.99. The summed E-state index contributed by atoms with van der Waals surface area (Å²) in [6.07, 6.45) is 1.93. The van der Waals surface area contributed by atoms with Crippen LogP contribution in [0.4, 0.5) is 5.69 Å². The van der Waals surface area contributed by atoms with Crippen molar-refractivity contribution in [2.24, 2.45) is 5.92 Å². The predicted octanol–water partition coefficient (Wildman–Crippen LogP) is 5.92. The Bertz CT molecular complexity index is 731. The predicted molar refractivity (Wildman–Crippen MR) is 109 cm³/mol. The summed E-state index contributed by atoms with van der Waals surface area (Å²) in [6.45, 7) is 7.69. The van der Waals surface area contributed by atoms with E-state index in [-0.39, 0.29) is 5.91 Å². The van der Waals surface area contributed by atoms with E-state index in [1.807, 2.05) is 24.3 Å². The molecule has 0 fully saturated rings. The lowest BCUT2D eigenvalue weighted by Crippen LogP contribution is -2.12. The molecule has 1 amide bonds. The number of rotatable bonds is 9. The van der Waals surface area contributed by atoms with Gasteiger partial charge in [0.05, 0.1) is 17.7 Å². The molecule has 0 spiro atoms. The number of anilines is 1. The average molecular weight is 420 g/mol. The molecule has 4 nitrogen and oxygen atoms in total. The zero-order chi connectivity index (χ0) is 18.9. The third kappa shape index (κ3) is 6.37. The maximum atomic E-state index is 12.5. The van der Waals surface area contributed by atoms with Gasteiger partial charge in [-0.2, -0.15) is 0 Å². The van der Waals surface area contributed by atoms with Gasteiger partial charge in [-0.05, 0) is 65.0 Å². The summed E-state index contributed by atoms with van der Waals surface area (Å²) in [5, 5.41) is 2.91. The lowest BCUT2D eigenvalue weighted by atomic mass is 10.1. The highest BCUT2D eigenvalue weighted by molar-refractivity contribution is 9.10. The van der Waals surface area contributed by atoms with Crippen LogP contribution < -0.4 is 14.8 Å². The van der Waals surface area contributed by atoms with Crippen LogP contribution in [0.1, 0.15) is 44.0 Å². The van der Waals surface area contributed by atoms with E-state index in [1.165, 1.54) is 0 Å². The van der Waals surface area contributed by atoms with Crippen molar-refractivity contribution in [3.63, 3.8) is 0 Å². The van der Waals surface area contributed by atoms with Gasteiger partial charge in [0.15, 0.2) is 0 Å². The fourth-order valence-electron chi connectivity index (χ4n) is 2.25. The molecule has 26 heavy (non-hydrogen) atoms. The zero-order valence-corrected chi connectivity index (χ0v) is 17.1. The third-order valence-electron chi connectivity index (χ3n) is 3.71. The quantitative estimate of drug-likeness (QED) is 0.548. The molecule has 0 atom stereocenters. The molecule has 0 unspecified atom stereocenters. The van der Waals surface area contributed by atoms with Crippen molar-refractivity contribution in [1.82, 2.24) is 0 Å². The molecule has 0 aromatic heterocycles. The van der Waals surface area contributed by atoms with Crippen LogP contribution in [-0.2, 0) is 0 Å². The van der Waals surface area contributed by atoms with Gasteiger partial charge in [-0.1, -0.05) is 26.8 Å². The Morgan fingerprint density at radius 1 is 1.12 bits per heavy atom. The van der Waals surface area contributed by atoms with Gasteiger partial charge in [-0.3, -0.25) is 4.79 Å². The number of halogens is 1. The molecule has 140 valence electrons. The number of hydrogen-bond acceptors (Lipinski definition) is 3. The van der Waals surface area contributed by atoms with Crippen LogP contribution in [-0.4, -0.2) is 19.1 Å². The van der Waals surface area contributed by atoms with E-state index in [9.17, 15) is 4.79 Å². The highest BCUT2D eigenvalue weighted by Gasteiger charge is 2.10. The number of carbonyl (C=O) groups is 1. The van der Waals surface area contributed by atoms with E-state index in [0.29, 0.717) is 30.4 Å². The summed E-state index contributed by atoms with van der Waals surface area (Å²) in [7, 11) is 0. The second-order valence-electron chi connectivity index (χ2n) is 6.51. The maximum absolute atomic E-state index is 12.5. The van der Waals surface area contributed by atoms with Crippen LogP contribution in [0.2, 0.25) is 0 Å². The summed E-state index contributed by atoms with van der Waals surface area (Å²) in [6, 6.07) is 12.8. The van der Waals surface area contributed by atoms with Crippen molar-refractivity contribution in [3.8, 4) is 11.5 Å². The molecule has 0 bridgehead atoms. The molecular formula is C21H26BrNO3. The minimum Gasteiger partial charge on any atom is -0.494 e. The Morgan fingerprint density at radius 2 is 1.92 bits per heavy atom. The first-order valence-corrected chi connectivity index (χ1v) is 9.75. The molecule has 0 saturated carbocycles. The SMILES string of the molecule is CCCOc1ccc(C(=O)Nc2cccc(OCCC(C)C)c2)cc1Br. The number of ether oxygens (including phenoxy) is 2. The van der Waals surface area contributed by atoms with Gasteiger partial charge < -0.3 is 14.8 Å². The molecule has 0 aliphatic heterocycles. The van der Waals surface area contributed by atoms with Crippen LogP contribution in [0, 0.1) is 5.92 Å². The maximum Gasteiger partial charge on any atom is 0.255 e. The minimum atomic E-state index is -0.174. The zero-order valence-electron chi connectivity index (χ0n) is 15.5. The second-order valence-corrected chi connectivity index (χ2v) is 7.36. The average Bonchev–Trinajstić information content (AvgIpc) is 2.60. The molecule has 0 aliphatic rings. The van der Waals surface area contributed by atoms with Crippen molar-refractivity contribution in [3.05, 3.63) is 52.5 Å². The van der Waals surface area contributed by atoms with Crippen molar-refractivity contribution >= 4 is 27.5 Å². The number of carbonyl (C=O) groups excluding carboxylic acids is 1. The Labute approximate surface area is 164 Å². The number of hydrogen-bond donors (Lipinski definition) is 1. The first kappa shape index (κ1) is 20.3. The topological polar surface area (TPSA) is 47.6 Å². The first-order valence-electron chi connectivity index (χ1n) is 8.96. The third-order valence-corrected chi connectivity index (χ3v) is 4.33. The molecule has 1 N–H and O–H groups in total. The Morgan fingerprint density at radius 3 is 2.62 bits per heavy atom. The van der Waals surface area contributed by atoms with E-state index >= 15 is 0 Å². The van der Waals surface area contributed by atoms with Crippen molar-refractivity contribution in [1.29, 1.82) is 0 Å². The van der Waals surface area contributed by atoms with E-state index < -0.39 is 0 Å². The molecular weight excluding hydrogens is 394 g/mol. The van der Waals surface area contributed by atoms with Gasteiger partial charge in [0.1, 0.15) is 11.5 Å². The van der Waals surface area contributed by atoms with Crippen molar-refractivity contribution < 1.29 is 14.3 Å². The van der Waals surface area contributed by atoms with Gasteiger partial charge in [0.25, 0.3) is 5.91 Å². The van der Waals surface area contributed by atoms with Gasteiger partial charge >= 0.3 is 0 Å². The minimum absolute atomic E-state index is 0.174. The molecule has 0 heterocycles. The summed E-state index contributed by atoms with van der Waals surface area (Å²) >= 11 is 3.46. The summed E-state index contributed by atoms with van der Waals surface area (Å²) in [5.74, 6) is 1.92. The molecule has 0 radical (unpaired) electrons. The monoisotopic (exact) mass is 419 g/mol. The Hall–Kier alpha value is -2.01. The van der Waals surface area contributed by atoms with E-state index in [2.05, 4.69) is 42.0 Å². The standard InChI is InChI=1S/C21H26BrNO3/c1-4-11-26-20-9-8-16(13-19(20)22)21(24)23-17-6-5-7-18(14-17)25-12-10-15(2)3/h5-9,13-15H,4,10-12H2,1-3H3,(H,23,24). The fraction of sp³-hybridized carbons (Fsp3) is 0.381. The smallest absolute Gasteiger partial charge is 0.255 e. The molecule has 5 heteroatoms. The summed E-state index contributed by atoms with van der Waals surface area (Å²) in [5.41, 5.74) is 1.27. The summed E-state index contributed by atoms with van der Waals surface area (Å²) < 4.78 is 12.1. The molecule has 2 aromatic rings. The summed E-state index contributed by atoms with van der Waals surface area (Å²) in [4.78, 5) is 12.5. The first-order chi connectivity index (χ1) is 12.5. The van der Waals surface area contributed by atoms with E-state index in [1.54, 1.807) is 18.2 Å². The molecule has 2 aromatic carbocycles. The van der Waals surface area contributed by atoms with E-state index in [0.717, 1.165) is 28.8 Å². The van der Waals surface area contributed by atoms with E-state index in [4.69, 9.17) is 9.47 Å². The van der Waals surface area contributed by atoms with Crippen LogP contribution in [0.5, 0.6) is 11.5 Å². The van der Waals surface area contributed by atoms with Gasteiger partial charge in [0.2, 0.25) is 0 Å². The van der Waals surface area contributed by atoms with Crippen LogP contribution in [0.15, 0.2) is 46.9 Å². The lowest BCUT2D eigenvalue weighted by Gasteiger charge is -2.11. The lowest BCUT2D eigenvalue weighted by molar-refractivity contribution is 0.102. The van der Waals surface area contributed by atoms with Gasteiger partial charge in [0, 0.05) is 17.3 Å². The van der Waals surface area contributed by atoms with Gasteiger partial charge in [-0.25, -0.2) is 0 Å². The highest BCUT2D eigenvalue weighted by atomic mass is 79.9. The van der Waals surface area contributed by atoms with Crippen LogP contribution in [0.3, 0.4) is 0 Å². The largest absolute Gasteiger partial charge is 0.494 e. The Kier molecular flexibility index (Phi) is 7.98. The molecule has 2 rings (SSSR count).